The molecule has 0 aromatic carbocycles. The van der Waals surface area contributed by atoms with Crippen LogP contribution in [0.25, 0.3) is 5.65 Å². The second-order valence-corrected chi connectivity index (χ2v) is 4.69. The maximum atomic E-state index is 5.80. The molecular formula is C13H12N2OS. The molecule has 3 nitrogen and oxygen atoms in total. The largest absolute Gasteiger partial charge is 0.485 e. The average molecular weight is 244 g/mol. The Labute approximate surface area is 103 Å². The zero-order valence-electron chi connectivity index (χ0n) is 9.46. The molecule has 0 aliphatic carbocycles. The highest BCUT2D eigenvalue weighted by atomic mass is 32.1. The maximum absolute atomic E-state index is 5.80. The average Bonchev–Trinajstić information content (AvgIpc) is 2.93. The van der Waals surface area contributed by atoms with Crippen molar-refractivity contribution in [1.29, 1.82) is 0 Å². The Morgan fingerprint density at radius 1 is 1.41 bits per heavy atom. The van der Waals surface area contributed by atoms with E-state index in [4.69, 9.17) is 4.74 Å². The first-order valence-electron chi connectivity index (χ1n) is 5.41. The molecule has 3 rings (SSSR count). The first kappa shape index (κ1) is 10.4. The molecule has 3 aromatic heterocycles. The van der Waals surface area contributed by atoms with Crippen LogP contribution in [-0.2, 0) is 6.61 Å². The minimum atomic E-state index is 0.592. The standard InChI is InChI=1S/C13H12N2OS/c1-10-7-15-5-2-3-12(13(15)14-10)16-8-11-4-6-17-9-11/h2-7,9H,8H2,1H3. The van der Waals surface area contributed by atoms with E-state index in [9.17, 15) is 0 Å². The van der Waals surface area contributed by atoms with E-state index in [0.717, 1.165) is 17.1 Å². The molecule has 4 heteroatoms. The number of hydrogen-bond donors (Lipinski definition) is 0. The fraction of sp³-hybridized carbons (Fsp3) is 0.154. The number of pyridine rings is 1. The molecule has 0 amide bonds. The topological polar surface area (TPSA) is 26.5 Å². The van der Waals surface area contributed by atoms with Gasteiger partial charge in [0.2, 0.25) is 0 Å². The Kier molecular flexibility index (Phi) is 2.57. The van der Waals surface area contributed by atoms with Crippen molar-refractivity contribution in [2.45, 2.75) is 13.5 Å². The van der Waals surface area contributed by atoms with E-state index in [0.29, 0.717) is 6.61 Å². The lowest BCUT2D eigenvalue weighted by molar-refractivity contribution is 0.308. The van der Waals surface area contributed by atoms with Crippen LogP contribution in [0.15, 0.2) is 41.4 Å². The van der Waals surface area contributed by atoms with Gasteiger partial charge >= 0.3 is 0 Å². The van der Waals surface area contributed by atoms with Gasteiger partial charge in [0.25, 0.3) is 0 Å². The lowest BCUT2D eigenvalue weighted by Crippen LogP contribution is -1.96. The number of nitrogens with zero attached hydrogens (tertiary/aromatic N) is 2. The molecule has 86 valence electrons. The minimum Gasteiger partial charge on any atom is -0.485 e. The first-order chi connectivity index (χ1) is 8.33. The smallest absolute Gasteiger partial charge is 0.179 e. The van der Waals surface area contributed by atoms with Crippen LogP contribution in [0.1, 0.15) is 11.3 Å². The molecule has 3 aromatic rings. The summed E-state index contributed by atoms with van der Waals surface area (Å²) < 4.78 is 7.78. The summed E-state index contributed by atoms with van der Waals surface area (Å²) in [6.07, 6.45) is 3.97. The lowest BCUT2D eigenvalue weighted by atomic mass is 10.3. The summed E-state index contributed by atoms with van der Waals surface area (Å²) in [7, 11) is 0. The molecular weight excluding hydrogens is 232 g/mol. The maximum Gasteiger partial charge on any atom is 0.179 e. The summed E-state index contributed by atoms with van der Waals surface area (Å²) >= 11 is 1.68. The predicted molar refractivity (Wildman–Crippen MR) is 68.6 cm³/mol. The molecule has 0 bridgehead atoms. The zero-order chi connectivity index (χ0) is 11.7. The number of ether oxygens (including phenoxy) is 1. The number of rotatable bonds is 3. The Balaban J connectivity index is 1.89. The molecule has 0 N–H and O–H groups in total. The van der Waals surface area contributed by atoms with Crippen molar-refractivity contribution < 1.29 is 4.74 Å². The van der Waals surface area contributed by atoms with Crippen molar-refractivity contribution in [3.63, 3.8) is 0 Å². The van der Waals surface area contributed by atoms with Crippen LogP contribution in [0.5, 0.6) is 5.75 Å². The van der Waals surface area contributed by atoms with Gasteiger partial charge in [0.05, 0.1) is 5.69 Å². The van der Waals surface area contributed by atoms with Crippen molar-refractivity contribution in [2.24, 2.45) is 0 Å². The Morgan fingerprint density at radius 2 is 2.35 bits per heavy atom. The molecule has 0 unspecified atom stereocenters. The molecule has 0 saturated heterocycles. The molecule has 17 heavy (non-hydrogen) atoms. The number of fused-ring (bicyclic) bond motifs is 1. The van der Waals surface area contributed by atoms with Crippen LogP contribution in [0.4, 0.5) is 0 Å². The van der Waals surface area contributed by atoms with Gasteiger partial charge in [-0.15, -0.1) is 0 Å². The predicted octanol–water partition coefficient (Wildman–Crippen LogP) is 3.28. The zero-order valence-corrected chi connectivity index (χ0v) is 10.3. The fourth-order valence-corrected chi connectivity index (χ4v) is 2.41. The number of thiophene rings is 1. The van der Waals surface area contributed by atoms with Crippen LogP contribution in [0, 0.1) is 6.92 Å². The van der Waals surface area contributed by atoms with Gasteiger partial charge in [-0.3, -0.25) is 0 Å². The van der Waals surface area contributed by atoms with Gasteiger partial charge in [0, 0.05) is 12.4 Å². The number of hydrogen-bond acceptors (Lipinski definition) is 3. The SMILES string of the molecule is Cc1cn2cccc(OCc3ccsc3)c2n1. The van der Waals surface area contributed by atoms with E-state index >= 15 is 0 Å². The van der Waals surface area contributed by atoms with Crippen LogP contribution in [-0.4, -0.2) is 9.38 Å². The Morgan fingerprint density at radius 3 is 3.18 bits per heavy atom. The first-order valence-corrected chi connectivity index (χ1v) is 6.35. The van der Waals surface area contributed by atoms with Gasteiger partial charge in [-0.1, -0.05) is 0 Å². The molecule has 3 heterocycles. The summed E-state index contributed by atoms with van der Waals surface area (Å²) in [6.45, 7) is 2.57. The Hall–Kier alpha value is -1.81. The van der Waals surface area contributed by atoms with Crippen LogP contribution in [0.2, 0.25) is 0 Å². The third-order valence-corrected chi connectivity index (χ3v) is 3.27. The van der Waals surface area contributed by atoms with E-state index in [2.05, 4.69) is 21.8 Å². The monoisotopic (exact) mass is 244 g/mol. The minimum absolute atomic E-state index is 0.592. The molecule has 0 aliphatic rings. The van der Waals surface area contributed by atoms with Gasteiger partial charge in [-0.05, 0) is 41.4 Å². The van der Waals surface area contributed by atoms with E-state index in [-0.39, 0.29) is 0 Å². The van der Waals surface area contributed by atoms with Crippen molar-refractivity contribution in [3.05, 3.63) is 52.6 Å². The summed E-state index contributed by atoms with van der Waals surface area (Å²) in [5, 5.41) is 4.15. The van der Waals surface area contributed by atoms with E-state index < -0.39 is 0 Å². The number of aryl methyl sites for hydroxylation is 1. The van der Waals surface area contributed by atoms with Gasteiger partial charge in [0.1, 0.15) is 6.61 Å². The highest BCUT2D eigenvalue weighted by molar-refractivity contribution is 7.07. The third-order valence-electron chi connectivity index (χ3n) is 2.54. The summed E-state index contributed by atoms with van der Waals surface area (Å²) in [5.41, 5.74) is 3.07. The summed E-state index contributed by atoms with van der Waals surface area (Å²) in [6, 6.07) is 5.99. The van der Waals surface area contributed by atoms with Crippen molar-refractivity contribution in [1.82, 2.24) is 9.38 Å². The van der Waals surface area contributed by atoms with Crippen LogP contribution >= 0.6 is 11.3 Å². The molecule has 0 aliphatic heterocycles. The molecule has 0 atom stereocenters. The summed E-state index contributed by atoms with van der Waals surface area (Å²) in [5.74, 6) is 0.826. The van der Waals surface area contributed by atoms with Crippen LogP contribution < -0.4 is 4.74 Å². The van der Waals surface area contributed by atoms with Gasteiger partial charge < -0.3 is 9.14 Å². The molecule has 0 radical (unpaired) electrons. The van der Waals surface area contributed by atoms with Gasteiger partial charge in [0.15, 0.2) is 11.4 Å². The molecule has 0 saturated carbocycles. The molecule has 0 fully saturated rings. The lowest BCUT2D eigenvalue weighted by Gasteiger charge is -2.05. The number of aromatic nitrogens is 2. The summed E-state index contributed by atoms with van der Waals surface area (Å²) in [4.78, 5) is 4.45. The highest BCUT2D eigenvalue weighted by Gasteiger charge is 2.05. The second-order valence-electron chi connectivity index (χ2n) is 3.91. The molecule has 0 spiro atoms. The van der Waals surface area contributed by atoms with Crippen LogP contribution in [0.3, 0.4) is 0 Å². The van der Waals surface area contributed by atoms with Crippen molar-refractivity contribution in [3.8, 4) is 5.75 Å². The van der Waals surface area contributed by atoms with E-state index in [1.165, 1.54) is 5.56 Å². The van der Waals surface area contributed by atoms with E-state index in [1.807, 2.05) is 35.9 Å². The highest BCUT2D eigenvalue weighted by Crippen LogP contribution is 2.20. The van der Waals surface area contributed by atoms with Gasteiger partial charge in [-0.2, -0.15) is 11.3 Å². The second kappa shape index (κ2) is 4.22. The fourth-order valence-electron chi connectivity index (χ4n) is 1.76. The number of imidazole rings is 1. The van der Waals surface area contributed by atoms with Crippen molar-refractivity contribution >= 4 is 17.0 Å². The van der Waals surface area contributed by atoms with Crippen molar-refractivity contribution in [2.75, 3.05) is 0 Å². The normalized spacial score (nSPS) is 10.9. The third kappa shape index (κ3) is 2.03. The van der Waals surface area contributed by atoms with E-state index in [1.54, 1.807) is 11.3 Å². The quantitative estimate of drug-likeness (QED) is 0.706. The van der Waals surface area contributed by atoms with Gasteiger partial charge in [-0.25, -0.2) is 4.98 Å². The Bertz CT molecular complexity index is 628.